The van der Waals surface area contributed by atoms with Crippen molar-refractivity contribution in [3.8, 4) is 5.75 Å². The highest BCUT2D eigenvalue weighted by Gasteiger charge is 2.00. The molecule has 0 spiro atoms. The number of methoxy groups -OCH3 is 2. The van der Waals surface area contributed by atoms with Crippen molar-refractivity contribution in [2.45, 2.75) is 0 Å². The molecule has 0 saturated heterocycles. The molecule has 0 saturated carbocycles. The highest BCUT2D eigenvalue weighted by molar-refractivity contribution is 5.89. The lowest BCUT2D eigenvalue weighted by molar-refractivity contribution is 0.199. The van der Waals surface area contributed by atoms with Gasteiger partial charge in [-0.15, -0.1) is 0 Å². The maximum Gasteiger partial charge on any atom is 0.319 e. The Labute approximate surface area is 113 Å². The van der Waals surface area contributed by atoms with Crippen molar-refractivity contribution in [3.05, 3.63) is 24.3 Å². The van der Waals surface area contributed by atoms with Crippen molar-refractivity contribution in [2.75, 3.05) is 45.8 Å². The summed E-state index contributed by atoms with van der Waals surface area (Å²) in [6.07, 6.45) is 0. The Morgan fingerprint density at radius 1 is 1.11 bits per heavy atom. The summed E-state index contributed by atoms with van der Waals surface area (Å²) in [4.78, 5) is 11.5. The summed E-state index contributed by atoms with van der Waals surface area (Å²) in [5.74, 6) is 0.758. The van der Waals surface area contributed by atoms with Gasteiger partial charge in [-0.25, -0.2) is 4.79 Å². The first-order chi connectivity index (χ1) is 9.26. The van der Waals surface area contributed by atoms with Gasteiger partial charge in [-0.05, 0) is 24.3 Å². The molecule has 0 heterocycles. The van der Waals surface area contributed by atoms with Crippen molar-refractivity contribution in [1.82, 2.24) is 10.6 Å². The molecule has 0 atom stereocenters. The molecule has 3 N–H and O–H groups in total. The number of ether oxygens (including phenoxy) is 2. The van der Waals surface area contributed by atoms with Crippen LogP contribution >= 0.6 is 0 Å². The average molecular weight is 267 g/mol. The van der Waals surface area contributed by atoms with E-state index in [1.54, 1.807) is 38.5 Å². The fraction of sp³-hybridized carbons (Fsp3) is 0.462. The minimum absolute atomic E-state index is 0.223. The molecule has 0 aliphatic carbocycles. The Balaban J connectivity index is 2.16. The molecule has 2 amide bonds. The van der Waals surface area contributed by atoms with E-state index in [4.69, 9.17) is 9.47 Å². The molecule has 0 unspecified atom stereocenters. The van der Waals surface area contributed by atoms with Crippen LogP contribution in [0, 0.1) is 0 Å². The third kappa shape index (κ3) is 6.64. The summed E-state index contributed by atoms with van der Waals surface area (Å²) < 4.78 is 9.93. The molecule has 0 fully saturated rings. The van der Waals surface area contributed by atoms with Crippen LogP contribution in [-0.2, 0) is 4.74 Å². The van der Waals surface area contributed by atoms with E-state index in [1.807, 2.05) is 0 Å². The molecule has 106 valence electrons. The number of carbonyl (C=O) groups is 1. The molecular formula is C13H21N3O3. The highest BCUT2D eigenvalue weighted by Crippen LogP contribution is 2.14. The zero-order valence-electron chi connectivity index (χ0n) is 11.4. The first kappa shape index (κ1) is 15.3. The van der Waals surface area contributed by atoms with E-state index >= 15 is 0 Å². The van der Waals surface area contributed by atoms with Gasteiger partial charge in [-0.1, -0.05) is 0 Å². The summed E-state index contributed by atoms with van der Waals surface area (Å²) >= 11 is 0. The number of amides is 2. The molecule has 0 aliphatic heterocycles. The van der Waals surface area contributed by atoms with Gasteiger partial charge in [0.25, 0.3) is 0 Å². The smallest absolute Gasteiger partial charge is 0.319 e. The summed E-state index contributed by atoms with van der Waals surface area (Å²) in [6.45, 7) is 2.71. The van der Waals surface area contributed by atoms with Gasteiger partial charge in [0.15, 0.2) is 0 Å². The molecule has 1 aromatic carbocycles. The van der Waals surface area contributed by atoms with Gasteiger partial charge in [0, 0.05) is 32.4 Å². The van der Waals surface area contributed by atoms with E-state index in [-0.39, 0.29) is 6.03 Å². The Morgan fingerprint density at radius 3 is 2.47 bits per heavy atom. The quantitative estimate of drug-likeness (QED) is 0.616. The van der Waals surface area contributed by atoms with Gasteiger partial charge in [0.1, 0.15) is 5.75 Å². The summed E-state index contributed by atoms with van der Waals surface area (Å²) in [7, 11) is 3.26. The van der Waals surface area contributed by atoms with Crippen molar-refractivity contribution in [3.63, 3.8) is 0 Å². The molecule has 19 heavy (non-hydrogen) atoms. The Hall–Kier alpha value is -1.79. The zero-order valence-corrected chi connectivity index (χ0v) is 11.4. The van der Waals surface area contributed by atoms with E-state index in [0.29, 0.717) is 19.7 Å². The predicted molar refractivity (Wildman–Crippen MR) is 74.8 cm³/mol. The summed E-state index contributed by atoms with van der Waals surface area (Å²) in [6, 6.07) is 6.94. The van der Waals surface area contributed by atoms with Gasteiger partial charge in [0.2, 0.25) is 0 Å². The standard InChI is InChI=1S/C13H21N3O3/c1-18-10-9-14-7-8-15-13(17)16-11-3-5-12(19-2)6-4-11/h3-6,14H,7-10H2,1-2H3,(H2,15,16,17). The van der Waals surface area contributed by atoms with Crippen LogP contribution in [0.1, 0.15) is 0 Å². The molecule has 6 nitrogen and oxygen atoms in total. The van der Waals surface area contributed by atoms with Gasteiger partial charge in [-0.3, -0.25) is 0 Å². The number of carbonyl (C=O) groups excluding carboxylic acids is 1. The lowest BCUT2D eigenvalue weighted by Crippen LogP contribution is -2.35. The number of benzene rings is 1. The highest BCUT2D eigenvalue weighted by atomic mass is 16.5. The van der Waals surface area contributed by atoms with Crippen molar-refractivity contribution in [2.24, 2.45) is 0 Å². The van der Waals surface area contributed by atoms with Gasteiger partial charge >= 0.3 is 6.03 Å². The summed E-state index contributed by atoms with van der Waals surface area (Å²) in [5, 5.41) is 8.63. The SMILES string of the molecule is COCCNCCNC(=O)Nc1ccc(OC)cc1. The van der Waals surface area contributed by atoms with Crippen LogP contribution in [0.3, 0.4) is 0 Å². The van der Waals surface area contributed by atoms with E-state index < -0.39 is 0 Å². The maximum atomic E-state index is 11.5. The second-order valence-corrected chi connectivity index (χ2v) is 3.85. The van der Waals surface area contributed by atoms with Crippen LogP contribution in [0.2, 0.25) is 0 Å². The van der Waals surface area contributed by atoms with Crippen molar-refractivity contribution >= 4 is 11.7 Å². The van der Waals surface area contributed by atoms with Crippen LogP contribution in [0.25, 0.3) is 0 Å². The maximum absolute atomic E-state index is 11.5. The van der Waals surface area contributed by atoms with E-state index in [9.17, 15) is 4.79 Å². The second kappa shape index (κ2) is 9.18. The van der Waals surface area contributed by atoms with Crippen molar-refractivity contribution < 1.29 is 14.3 Å². The molecule has 1 rings (SSSR count). The van der Waals surface area contributed by atoms with E-state index in [1.165, 1.54) is 0 Å². The van der Waals surface area contributed by atoms with Gasteiger partial charge < -0.3 is 25.4 Å². The Bertz CT molecular complexity index is 368. The fourth-order valence-corrected chi connectivity index (χ4v) is 1.41. The number of rotatable bonds is 8. The lowest BCUT2D eigenvalue weighted by atomic mass is 10.3. The van der Waals surface area contributed by atoms with Crippen LogP contribution in [0.4, 0.5) is 10.5 Å². The van der Waals surface area contributed by atoms with Crippen LogP contribution in [0.5, 0.6) is 5.75 Å². The minimum atomic E-state index is -0.223. The zero-order chi connectivity index (χ0) is 13.9. The van der Waals surface area contributed by atoms with E-state index in [0.717, 1.165) is 18.0 Å². The van der Waals surface area contributed by atoms with Crippen LogP contribution < -0.4 is 20.7 Å². The van der Waals surface area contributed by atoms with Crippen LogP contribution in [0.15, 0.2) is 24.3 Å². The number of nitrogens with one attached hydrogen (secondary N) is 3. The molecule has 0 bridgehead atoms. The molecule has 1 aromatic rings. The minimum Gasteiger partial charge on any atom is -0.497 e. The van der Waals surface area contributed by atoms with Crippen LogP contribution in [-0.4, -0.2) is 46.5 Å². The Kier molecular flexibility index (Phi) is 7.38. The van der Waals surface area contributed by atoms with Gasteiger partial charge in [0.05, 0.1) is 13.7 Å². The second-order valence-electron chi connectivity index (χ2n) is 3.85. The molecule has 0 radical (unpaired) electrons. The Morgan fingerprint density at radius 2 is 1.84 bits per heavy atom. The normalized spacial score (nSPS) is 10.0. The third-order valence-electron chi connectivity index (χ3n) is 2.42. The predicted octanol–water partition coefficient (Wildman–Crippen LogP) is 1.05. The number of urea groups is 1. The average Bonchev–Trinajstić information content (AvgIpc) is 2.43. The monoisotopic (exact) mass is 267 g/mol. The number of hydrogen-bond donors (Lipinski definition) is 3. The number of anilines is 1. The first-order valence-corrected chi connectivity index (χ1v) is 6.15. The first-order valence-electron chi connectivity index (χ1n) is 6.15. The lowest BCUT2D eigenvalue weighted by Gasteiger charge is -2.08. The number of hydrogen-bond acceptors (Lipinski definition) is 4. The molecule has 6 heteroatoms. The fourth-order valence-electron chi connectivity index (χ4n) is 1.41. The topological polar surface area (TPSA) is 71.6 Å². The third-order valence-corrected chi connectivity index (χ3v) is 2.42. The van der Waals surface area contributed by atoms with Gasteiger partial charge in [-0.2, -0.15) is 0 Å². The summed E-state index contributed by atoms with van der Waals surface area (Å²) in [5.41, 5.74) is 0.727. The largest absolute Gasteiger partial charge is 0.497 e. The van der Waals surface area contributed by atoms with E-state index in [2.05, 4.69) is 16.0 Å². The molecule has 0 aliphatic rings. The van der Waals surface area contributed by atoms with Crippen molar-refractivity contribution in [1.29, 1.82) is 0 Å². The molecular weight excluding hydrogens is 246 g/mol. The molecule has 0 aromatic heterocycles.